The van der Waals surface area contributed by atoms with E-state index in [2.05, 4.69) is 0 Å². The third-order valence-corrected chi connectivity index (χ3v) is 6.46. The van der Waals surface area contributed by atoms with Crippen molar-refractivity contribution >= 4 is 59.7 Å². The van der Waals surface area contributed by atoms with Crippen molar-refractivity contribution in [3.05, 3.63) is 0 Å². The van der Waals surface area contributed by atoms with E-state index in [-0.39, 0.29) is 150 Å². The molecule has 0 aliphatic rings. The van der Waals surface area contributed by atoms with Crippen LogP contribution in [0.5, 0.6) is 0 Å². The maximum atomic E-state index is 10.8. The molecule has 0 spiro atoms. The van der Waals surface area contributed by atoms with Gasteiger partial charge < -0.3 is 99.0 Å². The summed E-state index contributed by atoms with van der Waals surface area (Å²) < 4.78 is 0. The molecular weight excluding hydrogens is 1070 g/mol. The SMILES string of the molecule is O=C([O-])CN(CCN(CC(=O)[O-])CC(=O)[O-])CCN(CC(=O)[O-])CC(=O)[O-].O=C([O-])CN(CCN(CC(=O)[O-])CC(=O)[O-])CCN(CC(=O)[O-])CC(=O)[O-].[Zn+2].[Zn+2].[Zn+2].[Zn+2].[Zn+2]. The Morgan fingerprint density at radius 2 is 0.288 bits per heavy atom. The van der Waals surface area contributed by atoms with Gasteiger partial charge in [0, 0.05) is 118 Å². The first-order valence-corrected chi connectivity index (χ1v) is 15.3. The molecule has 0 amide bonds. The largest absolute Gasteiger partial charge is 2.00 e. The zero-order chi connectivity index (χ0) is 42.0. The van der Waals surface area contributed by atoms with Crippen molar-refractivity contribution in [1.29, 1.82) is 0 Å². The van der Waals surface area contributed by atoms with E-state index in [1.54, 1.807) is 0 Å². The van der Waals surface area contributed by atoms with Crippen molar-refractivity contribution in [3.8, 4) is 0 Å². The fourth-order valence-corrected chi connectivity index (χ4v) is 4.35. The van der Waals surface area contributed by atoms with Gasteiger partial charge in [0.2, 0.25) is 0 Å². The van der Waals surface area contributed by atoms with E-state index in [0.717, 1.165) is 19.6 Å². The smallest absolute Gasteiger partial charge is 0.549 e. The fraction of sp³-hybridized carbons (Fsp3) is 0.643. The van der Waals surface area contributed by atoms with Crippen molar-refractivity contribution in [2.24, 2.45) is 0 Å². The molecule has 0 aliphatic carbocycles. The molecule has 0 saturated heterocycles. The number of nitrogens with zero attached hydrogens (tertiary/aromatic N) is 6. The minimum Gasteiger partial charge on any atom is -0.549 e. The van der Waals surface area contributed by atoms with Crippen molar-refractivity contribution in [2.75, 3.05) is 118 Å². The molecule has 0 unspecified atom stereocenters. The van der Waals surface area contributed by atoms with E-state index in [9.17, 15) is 99.0 Å². The summed E-state index contributed by atoms with van der Waals surface area (Å²) in [5, 5.41) is 107. The number of carbonyl (C=O) groups excluding carboxylic acids is 10. The van der Waals surface area contributed by atoms with Crippen LogP contribution in [0, 0.1) is 0 Å². The van der Waals surface area contributed by atoms with Crippen LogP contribution in [0.2, 0.25) is 0 Å². The summed E-state index contributed by atoms with van der Waals surface area (Å²) in [5.74, 6) is -15.3. The zero-order valence-corrected chi connectivity index (χ0v) is 46.9. The van der Waals surface area contributed by atoms with Crippen LogP contribution in [0.3, 0.4) is 0 Å². The van der Waals surface area contributed by atoms with E-state index in [4.69, 9.17) is 0 Å². The predicted molar refractivity (Wildman–Crippen MR) is 149 cm³/mol. The van der Waals surface area contributed by atoms with Gasteiger partial charge in [-0.25, -0.2) is 0 Å². The van der Waals surface area contributed by atoms with Crippen molar-refractivity contribution < 1.29 is 196 Å². The number of carboxylic acids is 10. The summed E-state index contributed by atoms with van der Waals surface area (Å²) in [6.07, 6.45) is 0. The predicted octanol–water partition coefficient (Wildman–Crippen LogP) is -18.7. The van der Waals surface area contributed by atoms with Crippen molar-refractivity contribution in [3.63, 3.8) is 0 Å². The summed E-state index contributed by atoms with van der Waals surface area (Å²) >= 11 is 0. The van der Waals surface area contributed by atoms with Gasteiger partial charge in [0.1, 0.15) is 0 Å². The maximum absolute atomic E-state index is 10.8. The normalized spacial score (nSPS) is 10.1. The van der Waals surface area contributed by atoms with Gasteiger partial charge in [0.05, 0.1) is 59.7 Å². The minimum atomic E-state index is -1.54. The van der Waals surface area contributed by atoms with Gasteiger partial charge >= 0.3 is 97.4 Å². The molecule has 0 aromatic carbocycles. The Balaban J connectivity index is -0.000000169. The van der Waals surface area contributed by atoms with Gasteiger partial charge in [0.25, 0.3) is 0 Å². The van der Waals surface area contributed by atoms with Gasteiger partial charge in [-0.1, -0.05) is 0 Å². The van der Waals surface area contributed by atoms with Crippen molar-refractivity contribution in [1.82, 2.24) is 29.4 Å². The van der Waals surface area contributed by atoms with E-state index in [0.29, 0.717) is 0 Å². The molecule has 0 rings (SSSR count). The Labute approximate surface area is 400 Å². The van der Waals surface area contributed by atoms with Gasteiger partial charge in [-0.2, -0.15) is 0 Å². The summed E-state index contributed by atoms with van der Waals surface area (Å²) in [5.41, 5.74) is 0. The Bertz CT molecular complexity index is 1080. The molecule has 0 radical (unpaired) electrons. The molecule has 308 valence electrons. The summed E-state index contributed by atoms with van der Waals surface area (Å²) in [6, 6.07) is 0. The van der Waals surface area contributed by atoms with E-state index < -0.39 is 125 Å². The molecule has 0 saturated carbocycles. The molecule has 0 aromatic heterocycles. The van der Waals surface area contributed by atoms with Crippen LogP contribution in [0.25, 0.3) is 0 Å². The van der Waals surface area contributed by atoms with Crippen LogP contribution in [0.4, 0.5) is 0 Å². The minimum absolute atomic E-state index is 0. The molecule has 0 bridgehead atoms. The van der Waals surface area contributed by atoms with E-state index in [1.165, 1.54) is 9.80 Å². The van der Waals surface area contributed by atoms with Gasteiger partial charge in [-0.05, 0) is 0 Å². The number of hydrogen-bond donors (Lipinski definition) is 0. The second-order valence-electron chi connectivity index (χ2n) is 11.1. The molecular formula is C28H36N6O20Zn5. The zero-order valence-electron chi connectivity index (χ0n) is 32.1. The molecule has 0 aliphatic heterocycles. The maximum Gasteiger partial charge on any atom is 2.00 e. The second-order valence-corrected chi connectivity index (χ2v) is 11.1. The fourth-order valence-electron chi connectivity index (χ4n) is 4.35. The molecule has 0 heterocycles. The van der Waals surface area contributed by atoms with Gasteiger partial charge in [0.15, 0.2) is 0 Å². The molecule has 0 fully saturated rings. The second kappa shape index (κ2) is 41.0. The summed E-state index contributed by atoms with van der Waals surface area (Å²) in [7, 11) is 0. The van der Waals surface area contributed by atoms with Crippen LogP contribution in [-0.4, -0.2) is 207 Å². The summed E-state index contributed by atoms with van der Waals surface area (Å²) in [6.45, 7) is -8.32. The Morgan fingerprint density at radius 1 is 0.203 bits per heavy atom. The van der Waals surface area contributed by atoms with Crippen LogP contribution in [0.1, 0.15) is 0 Å². The molecule has 31 heteroatoms. The van der Waals surface area contributed by atoms with Crippen molar-refractivity contribution in [2.45, 2.75) is 0 Å². The van der Waals surface area contributed by atoms with Crippen LogP contribution in [-0.2, 0) is 145 Å². The standard InChI is InChI=1S/2C14H23N3O10.5Zn/c2*18-10(19)5-15(1-3-16(6-11(20)21)7-12(22)23)2-4-17(8-13(24)25)9-14(26)27;;;;;/h2*1-9H2,(H,18,19)(H,20,21)(H,22,23)(H,24,25)(H,26,27);;;;;/q;;5*+2/p-10. The first-order valence-electron chi connectivity index (χ1n) is 15.3. The number of hydrogen-bond acceptors (Lipinski definition) is 26. The van der Waals surface area contributed by atoms with Crippen LogP contribution in [0.15, 0.2) is 0 Å². The number of rotatable bonds is 32. The molecule has 0 atom stereocenters. The number of aliphatic carboxylic acids is 10. The third-order valence-electron chi connectivity index (χ3n) is 6.46. The number of carboxylic acid groups (broad SMARTS) is 10. The quantitative estimate of drug-likeness (QED) is 0.0564. The van der Waals surface area contributed by atoms with Crippen LogP contribution >= 0.6 is 0 Å². The molecule has 0 aromatic rings. The molecule has 0 N–H and O–H groups in total. The third kappa shape index (κ3) is 48.1. The Kier molecular flexibility index (Phi) is 49.4. The first-order chi connectivity index (χ1) is 25.0. The number of carbonyl (C=O) groups is 10. The topological polar surface area (TPSA) is 421 Å². The average Bonchev–Trinajstić information content (AvgIpc) is 2.97. The molecule has 26 nitrogen and oxygen atoms in total. The monoisotopic (exact) mass is 1100 g/mol. The van der Waals surface area contributed by atoms with E-state index >= 15 is 0 Å². The Hall–Kier alpha value is -2.42. The average molecular weight is 1100 g/mol. The van der Waals surface area contributed by atoms with Crippen LogP contribution < -0.4 is 51.1 Å². The molecule has 59 heavy (non-hydrogen) atoms. The van der Waals surface area contributed by atoms with Gasteiger partial charge in [-0.15, -0.1) is 0 Å². The van der Waals surface area contributed by atoms with Gasteiger partial charge in [-0.3, -0.25) is 29.4 Å². The van der Waals surface area contributed by atoms with E-state index in [1.807, 2.05) is 0 Å². The summed E-state index contributed by atoms with van der Waals surface area (Å²) in [4.78, 5) is 113. The Morgan fingerprint density at radius 3 is 0.390 bits per heavy atom. The first kappa shape index (κ1) is 71.1.